The Morgan fingerprint density at radius 2 is 2.10 bits per heavy atom. The Hall–Kier alpha value is -0.770. The minimum atomic E-state index is -0.439. The number of halogens is 2. The summed E-state index contributed by atoms with van der Waals surface area (Å²) in [5, 5.41) is 0.673. The molecular weight excluding hydrogens is 295 g/mol. The Morgan fingerprint density at radius 3 is 2.55 bits per heavy atom. The summed E-state index contributed by atoms with van der Waals surface area (Å²) in [6.07, 6.45) is 0.833. The van der Waals surface area contributed by atoms with Gasteiger partial charge in [0.25, 0.3) is 0 Å². The van der Waals surface area contributed by atoms with Crippen molar-refractivity contribution >= 4 is 29.9 Å². The molecule has 1 saturated carbocycles. The number of rotatable bonds is 5. The van der Waals surface area contributed by atoms with E-state index >= 15 is 0 Å². The van der Waals surface area contributed by atoms with Gasteiger partial charge in [0.15, 0.2) is 0 Å². The number of likely N-dealkylation sites (N-methyl/N-ethyl adjacent to an activating group) is 1. The Kier molecular flexibility index (Phi) is 5.87. The minimum Gasteiger partial charge on any atom is -0.342 e. The number of hydrogen-bond acceptors (Lipinski definition) is 2. The van der Waals surface area contributed by atoms with E-state index in [9.17, 15) is 4.79 Å². The molecule has 112 valence electrons. The molecule has 2 N–H and O–H groups in total. The van der Waals surface area contributed by atoms with Gasteiger partial charge in [-0.2, -0.15) is 0 Å². The highest BCUT2D eigenvalue weighted by molar-refractivity contribution is 6.30. The van der Waals surface area contributed by atoms with Crippen LogP contribution in [0.25, 0.3) is 0 Å². The van der Waals surface area contributed by atoms with Gasteiger partial charge in [-0.25, -0.2) is 0 Å². The molecule has 0 spiro atoms. The quantitative estimate of drug-likeness (QED) is 0.908. The van der Waals surface area contributed by atoms with E-state index in [1.165, 1.54) is 0 Å². The van der Waals surface area contributed by atoms with Crippen LogP contribution in [0.4, 0.5) is 0 Å². The molecule has 0 bridgehead atoms. The highest BCUT2D eigenvalue weighted by Gasteiger charge is 2.61. The Labute approximate surface area is 131 Å². The van der Waals surface area contributed by atoms with E-state index in [0.717, 1.165) is 25.1 Å². The molecule has 1 aliphatic rings. The van der Waals surface area contributed by atoms with Crippen LogP contribution in [0.2, 0.25) is 5.02 Å². The van der Waals surface area contributed by atoms with Crippen molar-refractivity contribution in [3.8, 4) is 0 Å². The van der Waals surface area contributed by atoms with Crippen LogP contribution in [-0.2, 0) is 10.2 Å². The monoisotopic (exact) mass is 316 g/mol. The van der Waals surface area contributed by atoms with E-state index in [2.05, 4.69) is 0 Å². The molecule has 5 heteroatoms. The summed E-state index contributed by atoms with van der Waals surface area (Å²) >= 11 is 6.07. The molecule has 0 saturated heterocycles. The highest BCUT2D eigenvalue weighted by Crippen LogP contribution is 2.55. The van der Waals surface area contributed by atoms with Crippen molar-refractivity contribution < 1.29 is 4.79 Å². The molecule has 2 atom stereocenters. The molecule has 20 heavy (non-hydrogen) atoms. The number of benzene rings is 1. The minimum absolute atomic E-state index is 0. The second-order valence-corrected chi connectivity index (χ2v) is 5.53. The van der Waals surface area contributed by atoms with Crippen molar-refractivity contribution in [1.29, 1.82) is 0 Å². The zero-order valence-electron chi connectivity index (χ0n) is 11.9. The lowest BCUT2D eigenvalue weighted by molar-refractivity contribution is -0.134. The SMILES string of the molecule is CCN(CC)C(=O)[C@@]1(c2cccc(Cl)c2)C[C@H]1CN.Cl. The normalized spacial score (nSPS) is 23.9. The maximum absolute atomic E-state index is 12.8. The first-order valence-electron chi connectivity index (χ1n) is 6.85. The van der Waals surface area contributed by atoms with E-state index in [1.807, 2.05) is 43.0 Å². The van der Waals surface area contributed by atoms with Crippen LogP contribution in [-0.4, -0.2) is 30.4 Å². The van der Waals surface area contributed by atoms with Crippen LogP contribution >= 0.6 is 24.0 Å². The van der Waals surface area contributed by atoms with Crippen LogP contribution in [0.5, 0.6) is 0 Å². The maximum Gasteiger partial charge on any atom is 0.233 e. The average Bonchev–Trinajstić information content (AvgIpc) is 3.15. The average molecular weight is 317 g/mol. The fourth-order valence-electron chi connectivity index (χ4n) is 2.91. The van der Waals surface area contributed by atoms with Gasteiger partial charge in [0.2, 0.25) is 5.91 Å². The van der Waals surface area contributed by atoms with Crippen LogP contribution in [0.3, 0.4) is 0 Å². The number of nitrogens with two attached hydrogens (primary N) is 1. The molecule has 3 nitrogen and oxygen atoms in total. The molecule has 0 heterocycles. The summed E-state index contributed by atoms with van der Waals surface area (Å²) in [5.41, 5.74) is 6.37. The molecule has 2 rings (SSSR count). The topological polar surface area (TPSA) is 46.3 Å². The summed E-state index contributed by atoms with van der Waals surface area (Å²) in [5.74, 6) is 0.425. The zero-order valence-corrected chi connectivity index (χ0v) is 13.5. The summed E-state index contributed by atoms with van der Waals surface area (Å²) in [7, 11) is 0. The van der Waals surface area contributed by atoms with E-state index in [4.69, 9.17) is 17.3 Å². The van der Waals surface area contributed by atoms with Crippen molar-refractivity contribution in [2.24, 2.45) is 11.7 Å². The Balaban J connectivity index is 0.00000200. The Morgan fingerprint density at radius 1 is 1.45 bits per heavy atom. The molecule has 0 radical (unpaired) electrons. The van der Waals surface area contributed by atoms with Gasteiger partial charge >= 0.3 is 0 Å². The zero-order chi connectivity index (χ0) is 14.0. The number of hydrogen-bond donors (Lipinski definition) is 1. The summed E-state index contributed by atoms with van der Waals surface area (Å²) < 4.78 is 0. The third-order valence-corrected chi connectivity index (χ3v) is 4.40. The standard InChI is InChI=1S/C15H21ClN2O.ClH/c1-3-18(4-2)14(19)15(9-12(15)10-17)11-6-5-7-13(16)8-11;/h5-8,12H,3-4,9-10,17H2,1-2H3;1H/t12-,15+;/m0./s1. The summed E-state index contributed by atoms with van der Waals surface area (Å²) in [4.78, 5) is 14.7. The van der Waals surface area contributed by atoms with Gasteiger partial charge in [0, 0.05) is 18.1 Å². The molecule has 1 aromatic carbocycles. The number of nitrogens with zero attached hydrogens (tertiary/aromatic N) is 1. The molecule has 1 amide bonds. The predicted molar refractivity (Wildman–Crippen MR) is 85.5 cm³/mol. The summed E-state index contributed by atoms with van der Waals surface area (Å²) in [6.45, 7) is 6.02. The van der Waals surface area contributed by atoms with Crippen LogP contribution in [0.15, 0.2) is 24.3 Å². The number of carbonyl (C=O) groups excluding carboxylic acids is 1. The molecule has 1 aromatic rings. The van der Waals surface area contributed by atoms with Crippen LogP contribution in [0, 0.1) is 5.92 Å². The first-order valence-corrected chi connectivity index (χ1v) is 7.23. The summed E-state index contributed by atoms with van der Waals surface area (Å²) in [6, 6.07) is 7.63. The van der Waals surface area contributed by atoms with Gasteiger partial charge in [0.1, 0.15) is 0 Å². The smallest absolute Gasteiger partial charge is 0.233 e. The fraction of sp³-hybridized carbons (Fsp3) is 0.533. The highest BCUT2D eigenvalue weighted by atomic mass is 35.5. The van der Waals surface area contributed by atoms with Gasteiger partial charge in [-0.1, -0.05) is 23.7 Å². The van der Waals surface area contributed by atoms with Gasteiger partial charge < -0.3 is 10.6 Å². The molecule has 1 fully saturated rings. The van der Waals surface area contributed by atoms with Gasteiger partial charge in [-0.05, 0) is 50.4 Å². The number of carbonyl (C=O) groups is 1. The lowest BCUT2D eigenvalue weighted by Crippen LogP contribution is -2.40. The maximum atomic E-state index is 12.8. The van der Waals surface area contributed by atoms with Crippen molar-refractivity contribution in [1.82, 2.24) is 4.90 Å². The molecule has 0 unspecified atom stereocenters. The van der Waals surface area contributed by atoms with Crippen molar-refractivity contribution in [2.75, 3.05) is 19.6 Å². The van der Waals surface area contributed by atoms with Crippen LogP contribution < -0.4 is 5.73 Å². The second kappa shape index (κ2) is 6.79. The second-order valence-electron chi connectivity index (χ2n) is 5.10. The lowest BCUT2D eigenvalue weighted by Gasteiger charge is -2.26. The third-order valence-electron chi connectivity index (χ3n) is 4.16. The molecule has 0 aliphatic heterocycles. The first kappa shape index (κ1) is 17.3. The van der Waals surface area contributed by atoms with E-state index in [-0.39, 0.29) is 24.2 Å². The van der Waals surface area contributed by atoms with E-state index in [0.29, 0.717) is 11.6 Å². The van der Waals surface area contributed by atoms with Crippen molar-refractivity contribution in [3.63, 3.8) is 0 Å². The van der Waals surface area contributed by atoms with Gasteiger partial charge in [-0.15, -0.1) is 12.4 Å². The predicted octanol–water partition coefficient (Wildman–Crippen LogP) is 2.85. The molecule has 0 aromatic heterocycles. The van der Waals surface area contributed by atoms with Crippen molar-refractivity contribution in [3.05, 3.63) is 34.9 Å². The largest absolute Gasteiger partial charge is 0.342 e. The van der Waals surface area contributed by atoms with Gasteiger partial charge in [-0.3, -0.25) is 4.79 Å². The first-order chi connectivity index (χ1) is 9.09. The van der Waals surface area contributed by atoms with Gasteiger partial charge in [0.05, 0.1) is 5.41 Å². The van der Waals surface area contributed by atoms with E-state index < -0.39 is 5.41 Å². The van der Waals surface area contributed by atoms with Crippen molar-refractivity contribution in [2.45, 2.75) is 25.7 Å². The van der Waals surface area contributed by atoms with E-state index in [1.54, 1.807) is 0 Å². The molecular formula is C15H22Cl2N2O. The van der Waals surface area contributed by atoms with Crippen LogP contribution in [0.1, 0.15) is 25.8 Å². The molecule has 1 aliphatic carbocycles. The fourth-order valence-corrected chi connectivity index (χ4v) is 3.10. The lowest BCUT2D eigenvalue weighted by atomic mass is 9.91. The number of amides is 1. The third kappa shape index (κ3) is 2.80. The Bertz CT molecular complexity index is 477.